The fourth-order valence-corrected chi connectivity index (χ4v) is 4.88. The van der Waals surface area contributed by atoms with Crippen molar-refractivity contribution in [2.24, 2.45) is 0 Å². The van der Waals surface area contributed by atoms with Crippen molar-refractivity contribution < 1.29 is 19.1 Å². The Morgan fingerprint density at radius 3 is 2.63 bits per heavy atom. The Morgan fingerprint density at radius 1 is 1.09 bits per heavy atom. The van der Waals surface area contributed by atoms with E-state index in [0.717, 1.165) is 54.4 Å². The number of benzene rings is 2. The zero-order chi connectivity index (χ0) is 24.5. The van der Waals surface area contributed by atoms with Crippen LogP contribution in [0, 0.1) is 20.8 Å². The van der Waals surface area contributed by atoms with Gasteiger partial charge in [0.05, 0.1) is 22.7 Å². The van der Waals surface area contributed by atoms with Crippen LogP contribution in [0.2, 0.25) is 0 Å². The quantitative estimate of drug-likeness (QED) is 0.281. The van der Waals surface area contributed by atoms with E-state index in [4.69, 9.17) is 9.47 Å². The maximum Gasteiger partial charge on any atom is 0.338 e. The summed E-state index contributed by atoms with van der Waals surface area (Å²) in [6, 6.07) is 17.1. The normalized spacial score (nSPS) is 15.6. The summed E-state index contributed by atoms with van der Waals surface area (Å²) >= 11 is 0. The Bertz CT molecular complexity index is 1390. The molecule has 7 nitrogen and oxygen atoms in total. The third-order valence-electron chi connectivity index (χ3n) is 6.69. The van der Waals surface area contributed by atoms with Crippen LogP contribution in [0.1, 0.15) is 50.8 Å². The first-order valence-electron chi connectivity index (χ1n) is 12.0. The van der Waals surface area contributed by atoms with Crippen LogP contribution in [0.5, 0.6) is 0 Å². The molecule has 0 saturated carbocycles. The van der Waals surface area contributed by atoms with Crippen molar-refractivity contribution in [3.05, 3.63) is 82.9 Å². The van der Waals surface area contributed by atoms with Crippen LogP contribution in [-0.2, 0) is 16.0 Å². The lowest BCUT2D eigenvalue weighted by Gasteiger charge is -2.14. The Balaban J connectivity index is 1.29. The van der Waals surface area contributed by atoms with Gasteiger partial charge in [0, 0.05) is 35.8 Å². The number of hydrogen-bond donors (Lipinski definition) is 0. The average molecular weight is 472 g/mol. The van der Waals surface area contributed by atoms with Crippen molar-refractivity contribution in [2.75, 3.05) is 13.2 Å². The number of aryl methyl sites for hydroxylation is 2. The van der Waals surface area contributed by atoms with Crippen molar-refractivity contribution in [3.8, 4) is 5.69 Å². The molecule has 0 N–H and O–H groups in total. The number of esters is 1. The standard InChI is InChI=1S/C28H29N3O4/c1-18-14-24(19(2)30(18)16-23-10-7-13-34-23)27(32)17-35-28(33)21-11-12-26-25(15-21)29-20(3)31(26)22-8-5-4-6-9-22/h4-6,8-9,11-12,14-15,23H,7,10,13,16-17H2,1-3H3/t23-/m0/s1. The molecule has 2 aromatic heterocycles. The molecule has 1 atom stereocenters. The predicted molar refractivity (Wildman–Crippen MR) is 133 cm³/mol. The molecular formula is C28H29N3O4. The molecule has 180 valence electrons. The van der Waals surface area contributed by atoms with Crippen LogP contribution < -0.4 is 0 Å². The molecule has 5 rings (SSSR count). The van der Waals surface area contributed by atoms with E-state index in [9.17, 15) is 9.59 Å². The van der Waals surface area contributed by atoms with Crippen molar-refractivity contribution in [1.82, 2.24) is 14.1 Å². The predicted octanol–water partition coefficient (Wildman–Crippen LogP) is 4.97. The highest BCUT2D eigenvalue weighted by molar-refractivity contribution is 6.01. The fourth-order valence-electron chi connectivity index (χ4n) is 4.88. The van der Waals surface area contributed by atoms with Gasteiger partial charge < -0.3 is 14.0 Å². The minimum Gasteiger partial charge on any atom is -0.454 e. The van der Waals surface area contributed by atoms with Crippen LogP contribution in [0.25, 0.3) is 16.7 Å². The number of ether oxygens (including phenoxy) is 2. The van der Waals surface area contributed by atoms with E-state index < -0.39 is 5.97 Å². The number of Topliss-reactive ketones (excluding diaryl/α,β-unsaturated/α-hetero) is 1. The van der Waals surface area contributed by atoms with Gasteiger partial charge >= 0.3 is 5.97 Å². The summed E-state index contributed by atoms with van der Waals surface area (Å²) in [5.41, 5.74) is 5.44. The fraction of sp³-hybridized carbons (Fsp3) is 0.321. The molecule has 0 bridgehead atoms. The van der Waals surface area contributed by atoms with Gasteiger partial charge in [-0.15, -0.1) is 0 Å². The molecule has 0 radical (unpaired) electrons. The Kier molecular flexibility index (Phi) is 6.26. The zero-order valence-electron chi connectivity index (χ0n) is 20.3. The van der Waals surface area contributed by atoms with Crippen LogP contribution in [0.3, 0.4) is 0 Å². The van der Waals surface area contributed by atoms with Crippen molar-refractivity contribution in [2.45, 2.75) is 46.3 Å². The lowest BCUT2D eigenvalue weighted by Crippen LogP contribution is -2.18. The molecule has 1 aliphatic heterocycles. The number of carbonyl (C=O) groups is 2. The number of fused-ring (bicyclic) bond motifs is 1. The molecule has 4 aromatic rings. The topological polar surface area (TPSA) is 75.4 Å². The van der Waals surface area contributed by atoms with Crippen molar-refractivity contribution in [1.29, 1.82) is 0 Å². The number of nitrogens with zero attached hydrogens (tertiary/aromatic N) is 3. The van der Waals surface area contributed by atoms with Crippen molar-refractivity contribution in [3.63, 3.8) is 0 Å². The molecule has 35 heavy (non-hydrogen) atoms. The number of imidazole rings is 1. The number of para-hydroxylation sites is 1. The summed E-state index contributed by atoms with van der Waals surface area (Å²) < 4.78 is 15.3. The average Bonchev–Trinajstić information content (AvgIpc) is 3.56. The molecule has 0 aliphatic carbocycles. The van der Waals surface area contributed by atoms with E-state index in [1.165, 1.54) is 0 Å². The van der Waals surface area contributed by atoms with Gasteiger partial charge in [-0.2, -0.15) is 0 Å². The molecule has 1 fully saturated rings. The van der Waals surface area contributed by atoms with E-state index in [2.05, 4.69) is 9.55 Å². The molecule has 7 heteroatoms. The largest absolute Gasteiger partial charge is 0.454 e. The lowest BCUT2D eigenvalue weighted by molar-refractivity contribution is 0.0474. The highest BCUT2D eigenvalue weighted by Crippen LogP contribution is 2.23. The zero-order valence-corrected chi connectivity index (χ0v) is 20.3. The van der Waals surface area contributed by atoms with Gasteiger partial charge in [0.2, 0.25) is 5.78 Å². The summed E-state index contributed by atoms with van der Waals surface area (Å²) in [6.45, 7) is 7.06. The van der Waals surface area contributed by atoms with Gasteiger partial charge in [-0.25, -0.2) is 9.78 Å². The third-order valence-corrected chi connectivity index (χ3v) is 6.69. The summed E-state index contributed by atoms with van der Waals surface area (Å²) in [7, 11) is 0. The van der Waals surface area contributed by atoms with E-state index in [1.807, 2.05) is 67.8 Å². The SMILES string of the molecule is Cc1cc(C(=O)COC(=O)c2ccc3c(c2)nc(C)n3-c2ccccc2)c(C)n1C[C@@H]1CCCO1. The second-order valence-corrected chi connectivity index (χ2v) is 9.06. The van der Waals surface area contributed by atoms with Gasteiger partial charge in [0.15, 0.2) is 6.61 Å². The lowest BCUT2D eigenvalue weighted by atomic mass is 10.1. The number of carbonyl (C=O) groups excluding carboxylic acids is 2. The first-order valence-corrected chi connectivity index (χ1v) is 12.0. The van der Waals surface area contributed by atoms with Crippen LogP contribution in [-0.4, -0.2) is 45.2 Å². The number of hydrogen-bond acceptors (Lipinski definition) is 5. The molecule has 1 saturated heterocycles. The molecule has 0 amide bonds. The van der Waals surface area contributed by atoms with Crippen LogP contribution >= 0.6 is 0 Å². The smallest absolute Gasteiger partial charge is 0.338 e. The number of ketones is 1. The number of aromatic nitrogens is 3. The molecule has 3 heterocycles. The maximum absolute atomic E-state index is 12.9. The first kappa shape index (κ1) is 23.1. The summed E-state index contributed by atoms with van der Waals surface area (Å²) in [4.78, 5) is 30.2. The Labute approximate surface area is 204 Å². The minimum atomic E-state index is -0.541. The molecule has 0 spiro atoms. The van der Waals surface area contributed by atoms with Crippen molar-refractivity contribution >= 4 is 22.8 Å². The van der Waals surface area contributed by atoms with Gasteiger partial charge in [0.25, 0.3) is 0 Å². The van der Waals surface area contributed by atoms with Gasteiger partial charge in [-0.3, -0.25) is 9.36 Å². The highest BCUT2D eigenvalue weighted by Gasteiger charge is 2.22. The summed E-state index contributed by atoms with van der Waals surface area (Å²) in [5, 5.41) is 0. The van der Waals surface area contributed by atoms with Gasteiger partial charge in [-0.05, 0) is 70.0 Å². The van der Waals surface area contributed by atoms with E-state index >= 15 is 0 Å². The third kappa shape index (κ3) is 4.51. The minimum absolute atomic E-state index is 0.185. The first-order chi connectivity index (χ1) is 16.9. The van der Waals surface area contributed by atoms with Crippen LogP contribution in [0.15, 0.2) is 54.6 Å². The van der Waals surface area contributed by atoms with E-state index in [1.54, 1.807) is 12.1 Å². The van der Waals surface area contributed by atoms with Gasteiger partial charge in [-0.1, -0.05) is 18.2 Å². The molecule has 0 unspecified atom stereocenters. The maximum atomic E-state index is 12.9. The summed E-state index contributed by atoms with van der Waals surface area (Å²) in [6.07, 6.45) is 2.29. The molecule has 2 aromatic carbocycles. The molecular weight excluding hydrogens is 442 g/mol. The Morgan fingerprint density at radius 2 is 1.89 bits per heavy atom. The van der Waals surface area contributed by atoms with Crippen LogP contribution in [0.4, 0.5) is 0 Å². The second kappa shape index (κ2) is 9.50. The monoisotopic (exact) mass is 471 g/mol. The molecule has 1 aliphatic rings. The van der Waals surface area contributed by atoms with E-state index in [-0.39, 0.29) is 18.5 Å². The number of rotatable bonds is 7. The highest BCUT2D eigenvalue weighted by atomic mass is 16.5. The van der Waals surface area contributed by atoms with Gasteiger partial charge in [0.1, 0.15) is 5.82 Å². The summed E-state index contributed by atoms with van der Waals surface area (Å²) in [5.74, 6) is 0.0703. The Hall–Kier alpha value is -3.71. The second-order valence-electron chi connectivity index (χ2n) is 9.06. The van der Waals surface area contributed by atoms with E-state index in [0.29, 0.717) is 16.6 Å².